The lowest BCUT2D eigenvalue weighted by molar-refractivity contribution is 0.130. The van der Waals surface area contributed by atoms with E-state index in [1.165, 1.54) is 19.3 Å². The van der Waals surface area contributed by atoms with Crippen molar-refractivity contribution in [1.82, 2.24) is 14.5 Å². The molecule has 1 saturated carbocycles. The largest absolute Gasteiger partial charge is 0.447 e. The highest BCUT2D eigenvalue weighted by molar-refractivity contribution is 5.89. The molecule has 7 nitrogen and oxygen atoms in total. The number of hydrogen-bond donors (Lipinski definition) is 1. The lowest BCUT2D eigenvalue weighted by Crippen LogP contribution is -2.18. The molecule has 7 heteroatoms. The van der Waals surface area contributed by atoms with Crippen molar-refractivity contribution >= 4 is 22.7 Å². The van der Waals surface area contributed by atoms with E-state index in [1.54, 1.807) is 18.5 Å². The molecule has 1 aliphatic carbocycles. The number of anilines is 1. The second-order valence-corrected chi connectivity index (χ2v) is 8.95. The predicted octanol–water partition coefficient (Wildman–Crippen LogP) is 6.65. The molecule has 1 amide bonds. The van der Waals surface area contributed by atoms with E-state index in [1.807, 2.05) is 44.2 Å². The summed E-state index contributed by atoms with van der Waals surface area (Å²) in [5.74, 6) is 1.39. The lowest BCUT2D eigenvalue weighted by Gasteiger charge is -2.27. The molecule has 2 aromatic heterocycles. The van der Waals surface area contributed by atoms with Crippen molar-refractivity contribution in [3.05, 3.63) is 67.0 Å². The highest BCUT2D eigenvalue weighted by atomic mass is 16.6. The van der Waals surface area contributed by atoms with Gasteiger partial charge in [-0.25, -0.2) is 14.8 Å². The fraction of sp³-hybridized carbons (Fsp3) is 0.296. The molecule has 0 atom stereocenters. The molecular weight excluding hydrogens is 428 g/mol. The number of aromatic nitrogens is 3. The molecule has 174 valence electrons. The Morgan fingerprint density at radius 1 is 1.09 bits per heavy atom. The zero-order valence-corrected chi connectivity index (χ0v) is 19.4. The molecule has 34 heavy (non-hydrogen) atoms. The Kier molecular flexibility index (Phi) is 6.16. The third-order valence-corrected chi connectivity index (χ3v) is 6.06. The van der Waals surface area contributed by atoms with E-state index in [0.29, 0.717) is 23.4 Å². The van der Waals surface area contributed by atoms with E-state index in [9.17, 15) is 4.79 Å². The SMILES string of the molecule is CC(C)OC(=O)Nc1ccc(-c2cc3ccc(Oc4ncccn4)cc3n2CC2CCC2)cc1. The van der Waals surface area contributed by atoms with Gasteiger partial charge in [-0.1, -0.05) is 18.6 Å². The van der Waals surface area contributed by atoms with Crippen LogP contribution in [0.1, 0.15) is 33.1 Å². The molecule has 4 aromatic rings. The van der Waals surface area contributed by atoms with Crippen LogP contribution < -0.4 is 10.1 Å². The molecule has 0 radical (unpaired) electrons. The Morgan fingerprint density at radius 3 is 2.53 bits per heavy atom. The molecule has 2 heterocycles. The maximum Gasteiger partial charge on any atom is 0.411 e. The van der Waals surface area contributed by atoms with Gasteiger partial charge in [0.15, 0.2) is 0 Å². The van der Waals surface area contributed by atoms with E-state index in [2.05, 4.69) is 38.1 Å². The summed E-state index contributed by atoms with van der Waals surface area (Å²) in [6, 6.07) is 18.3. The molecule has 5 rings (SSSR count). The van der Waals surface area contributed by atoms with Gasteiger partial charge in [0.1, 0.15) is 5.75 Å². The van der Waals surface area contributed by atoms with E-state index < -0.39 is 6.09 Å². The Hall–Kier alpha value is -3.87. The number of amides is 1. The molecule has 1 N–H and O–H groups in total. The zero-order chi connectivity index (χ0) is 23.5. The van der Waals surface area contributed by atoms with E-state index in [-0.39, 0.29) is 6.10 Å². The van der Waals surface area contributed by atoms with Crippen molar-refractivity contribution in [2.24, 2.45) is 5.92 Å². The number of fused-ring (bicyclic) bond motifs is 1. The van der Waals surface area contributed by atoms with Crippen LogP contribution in [-0.2, 0) is 11.3 Å². The normalized spacial score (nSPS) is 13.6. The monoisotopic (exact) mass is 456 g/mol. The van der Waals surface area contributed by atoms with Gasteiger partial charge < -0.3 is 14.0 Å². The summed E-state index contributed by atoms with van der Waals surface area (Å²) in [7, 11) is 0. The van der Waals surface area contributed by atoms with Crippen molar-refractivity contribution in [3.63, 3.8) is 0 Å². The second kappa shape index (κ2) is 9.55. The van der Waals surface area contributed by atoms with Gasteiger partial charge in [0.25, 0.3) is 0 Å². The van der Waals surface area contributed by atoms with Gasteiger partial charge in [-0.15, -0.1) is 0 Å². The summed E-state index contributed by atoms with van der Waals surface area (Å²) < 4.78 is 13.4. The first-order valence-electron chi connectivity index (χ1n) is 11.7. The summed E-state index contributed by atoms with van der Waals surface area (Å²) in [5, 5.41) is 3.93. The summed E-state index contributed by atoms with van der Waals surface area (Å²) in [6.07, 6.45) is 6.53. The molecule has 1 aliphatic rings. The van der Waals surface area contributed by atoms with E-state index in [0.717, 1.165) is 28.7 Å². The van der Waals surface area contributed by atoms with Crippen LogP contribution in [-0.4, -0.2) is 26.7 Å². The highest BCUT2D eigenvalue weighted by Crippen LogP contribution is 2.36. The van der Waals surface area contributed by atoms with Crippen LogP contribution in [0.5, 0.6) is 11.8 Å². The van der Waals surface area contributed by atoms with Crippen LogP contribution in [0.25, 0.3) is 22.2 Å². The van der Waals surface area contributed by atoms with Crippen LogP contribution in [0, 0.1) is 5.92 Å². The minimum Gasteiger partial charge on any atom is -0.447 e. The number of ether oxygens (including phenoxy) is 2. The fourth-order valence-electron chi connectivity index (χ4n) is 4.20. The lowest BCUT2D eigenvalue weighted by atomic mass is 9.85. The average molecular weight is 457 g/mol. The standard InChI is InChI=1S/C27H28N4O3/c1-18(2)33-27(32)30-22-10-7-20(8-11-22)24-15-21-9-12-23(34-26-28-13-4-14-29-26)16-25(21)31(24)17-19-5-3-6-19/h4,7-16,18-19H,3,5-6,17H2,1-2H3,(H,30,32). The van der Waals surface area contributed by atoms with Crippen molar-refractivity contribution in [2.45, 2.75) is 45.8 Å². The van der Waals surface area contributed by atoms with Gasteiger partial charge in [-0.05, 0) is 74.6 Å². The quantitative estimate of drug-likeness (QED) is 0.337. The third kappa shape index (κ3) is 4.88. The molecule has 0 bridgehead atoms. The second-order valence-electron chi connectivity index (χ2n) is 8.95. The predicted molar refractivity (Wildman–Crippen MR) is 132 cm³/mol. The van der Waals surface area contributed by atoms with E-state index >= 15 is 0 Å². The smallest absolute Gasteiger partial charge is 0.411 e. The maximum atomic E-state index is 11.9. The van der Waals surface area contributed by atoms with Crippen LogP contribution in [0.4, 0.5) is 10.5 Å². The van der Waals surface area contributed by atoms with Crippen molar-refractivity contribution < 1.29 is 14.3 Å². The molecular formula is C27H28N4O3. The van der Waals surface area contributed by atoms with Gasteiger partial charge in [0.2, 0.25) is 0 Å². The number of carbonyl (C=O) groups is 1. The molecule has 0 unspecified atom stereocenters. The third-order valence-electron chi connectivity index (χ3n) is 6.06. The van der Waals surface area contributed by atoms with Crippen molar-refractivity contribution in [3.8, 4) is 23.0 Å². The number of hydrogen-bond acceptors (Lipinski definition) is 5. The van der Waals surface area contributed by atoms with Gasteiger partial charge in [0, 0.05) is 41.8 Å². The zero-order valence-electron chi connectivity index (χ0n) is 19.4. The molecule has 0 spiro atoms. The van der Waals surface area contributed by atoms with Gasteiger partial charge in [-0.2, -0.15) is 0 Å². The topological polar surface area (TPSA) is 78.3 Å². The van der Waals surface area contributed by atoms with Crippen LogP contribution >= 0.6 is 0 Å². The van der Waals surface area contributed by atoms with Crippen LogP contribution in [0.15, 0.2) is 67.0 Å². The number of benzene rings is 2. The minimum atomic E-state index is -0.447. The number of rotatable bonds is 7. The Bertz CT molecular complexity index is 1280. The minimum absolute atomic E-state index is 0.163. The maximum absolute atomic E-state index is 11.9. The summed E-state index contributed by atoms with van der Waals surface area (Å²) in [6.45, 7) is 4.62. The van der Waals surface area contributed by atoms with Crippen LogP contribution in [0.3, 0.4) is 0 Å². The summed E-state index contributed by atoms with van der Waals surface area (Å²) in [4.78, 5) is 20.2. The number of nitrogens with one attached hydrogen (secondary N) is 1. The van der Waals surface area contributed by atoms with Gasteiger partial charge in [0.05, 0.1) is 11.6 Å². The van der Waals surface area contributed by atoms with Crippen molar-refractivity contribution in [1.29, 1.82) is 0 Å². The molecule has 2 aromatic carbocycles. The fourth-order valence-corrected chi connectivity index (χ4v) is 4.20. The molecule has 1 fully saturated rings. The Morgan fingerprint density at radius 2 is 1.85 bits per heavy atom. The van der Waals surface area contributed by atoms with Crippen molar-refractivity contribution in [2.75, 3.05) is 5.32 Å². The summed E-state index contributed by atoms with van der Waals surface area (Å²) in [5.41, 5.74) is 4.06. The van der Waals surface area contributed by atoms with Crippen LogP contribution in [0.2, 0.25) is 0 Å². The first-order chi connectivity index (χ1) is 16.5. The molecule has 0 aliphatic heterocycles. The Balaban J connectivity index is 1.46. The van der Waals surface area contributed by atoms with Gasteiger partial charge >= 0.3 is 12.1 Å². The average Bonchev–Trinajstić information content (AvgIpc) is 3.14. The molecule has 0 saturated heterocycles. The highest BCUT2D eigenvalue weighted by Gasteiger charge is 2.21. The van der Waals surface area contributed by atoms with E-state index in [4.69, 9.17) is 9.47 Å². The number of nitrogens with zero attached hydrogens (tertiary/aromatic N) is 3. The Labute approximate surface area is 198 Å². The number of carbonyl (C=O) groups excluding carboxylic acids is 1. The first kappa shape index (κ1) is 21.9. The summed E-state index contributed by atoms with van der Waals surface area (Å²) >= 11 is 0. The van der Waals surface area contributed by atoms with Gasteiger partial charge in [-0.3, -0.25) is 5.32 Å². The first-order valence-corrected chi connectivity index (χ1v) is 11.7.